The van der Waals surface area contributed by atoms with E-state index >= 15 is 0 Å². The topological polar surface area (TPSA) is 116 Å². The van der Waals surface area contributed by atoms with Gasteiger partial charge in [0.05, 0.1) is 11.7 Å². The van der Waals surface area contributed by atoms with Gasteiger partial charge in [-0.05, 0) is 32.4 Å². The highest BCUT2D eigenvalue weighted by Crippen LogP contribution is 2.28. The van der Waals surface area contributed by atoms with Crippen LogP contribution in [0.2, 0.25) is 0 Å². The minimum atomic E-state index is -0.982. The largest absolute Gasteiger partial charge is 0.465 e. The van der Waals surface area contributed by atoms with Gasteiger partial charge in [0, 0.05) is 25.1 Å². The highest BCUT2D eigenvalue weighted by molar-refractivity contribution is 5.65. The maximum absolute atomic E-state index is 10.7. The molecule has 8 nitrogen and oxygen atoms in total. The number of hydrogen-bond donors (Lipinski definition) is 4. The normalized spacial score (nSPS) is 22.7. The van der Waals surface area contributed by atoms with Crippen molar-refractivity contribution in [1.29, 1.82) is 0 Å². The number of anilines is 2. The molecule has 0 bridgehead atoms. The summed E-state index contributed by atoms with van der Waals surface area (Å²) in [4.78, 5) is 21.5. The first-order valence-corrected chi connectivity index (χ1v) is 7.71. The van der Waals surface area contributed by atoms with Crippen LogP contribution in [0.3, 0.4) is 0 Å². The first kappa shape index (κ1) is 14.8. The Bertz CT molecular complexity index is 546. The lowest BCUT2D eigenvalue weighted by atomic mass is 9.94. The number of carbonyl (C=O) groups is 1. The van der Waals surface area contributed by atoms with Crippen LogP contribution in [0.1, 0.15) is 30.9 Å². The van der Waals surface area contributed by atoms with Crippen LogP contribution in [-0.4, -0.2) is 53.4 Å². The molecule has 0 radical (unpaired) electrons. The fraction of sp³-hybridized carbons (Fsp3) is 0.643. The molecule has 1 atom stereocenters. The van der Waals surface area contributed by atoms with Crippen molar-refractivity contribution in [3.8, 4) is 0 Å². The van der Waals surface area contributed by atoms with Crippen molar-refractivity contribution < 1.29 is 9.90 Å². The number of rotatable bonds is 3. The summed E-state index contributed by atoms with van der Waals surface area (Å²) in [6, 6.07) is 1.95. The van der Waals surface area contributed by atoms with Crippen molar-refractivity contribution in [2.24, 2.45) is 0 Å². The van der Waals surface area contributed by atoms with Crippen molar-refractivity contribution >= 4 is 17.9 Å². The number of piperidine rings is 1. The summed E-state index contributed by atoms with van der Waals surface area (Å²) >= 11 is 0. The molecule has 120 valence electrons. The summed E-state index contributed by atoms with van der Waals surface area (Å²) in [5, 5.41) is 14.7. The molecular formula is C14H22N6O2. The van der Waals surface area contributed by atoms with Crippen molar-refractivity contribution in [3.05, 3.63) is 11.8 Å². The van der Waals surface area contributed by atoms with Gasteiger partial charge in [-0.25, -0.2) is 9.78 Å². The van der Waals surface area contributed by atoms with Gasteiger partial charge < -0.3 is 26.4 Å². The van der Waals surface area contributed by atoms with Crippen LogP contribution in [0.15, 0.2) is 6.07 Å². The fourth-order valence-electron chi connectivity index (χ4n) is 3.22. The third-order valence-electron chi connectivity index (χ3n) is 4.35. The Morgan fingerprint density at radius 3 is 2.86 bits per heavy atom. The summed E-state index contributed by atoms with van der Waals surface area (Å²) in [7, 11) is 0. The SMILES string of the molecule is Nc1nc(C2CCNCC2)cc(N2CC[C@@H](NC(=O)O)C2)n1. The quantitative estimate of drug-likeness (QED) is 0.637. The summed E-state index contributed by atoms with van der Waals surface area (Å²) in [6.07, 6.45) is 1.90. The molecule has 1 aromatic heterocycles. The molecule has 3 heterocycles. The van der Waals surface area contributed by atoms with Crippen molar-refractivity contribution in [2.75, 3.05) is 36.8 Å². The molecule has 2 fully saturated rings. The molecule has 0 saturated carbocycles. The van der Waals surface area contributed by atoms with Gasteiger partial charge in [0.1, 0.15) is 5.82 Å². The van der Waals surface area contributed by atoms with Crippen LogP contribution >= 0.6 is 0 Å². The average Bonchev–Trinajstić information content (AvgIpc) is 2.95. The Morgan fingerprint density at radius 2 is 2.14 bits per heavy atom. The molecule has 22 heavy (non-hydrogen) atoms. The average molecular weight is 306 g/mol. The molecule has 0 unspecified atom stereocenters. The van der Waals surface area contributed by atoms with E-state index < -0.39 is 6.09 Å². The zero-order valence-corrected chi connectivity index (χ0v) is 12.5. The highest BCUT2D eigenvalue weighted by atomic mass is 16.4. The number of nitrogens with two attached hydrogens (primary N) is 1. The maximum Gasteiger partial charge on any atom is 0.404 e. The predicted molar refractivity (Wildman–Crippen MR) is 83.1 cm³/mol. The van der Waals surface area contributed by atoms with E-state index in [0.29, 0.717) is 18.4 Å². The van der Waals surface area contributed by atoms with E-state index in [4.69, 9.17) is 10.8 Å². The number of amides is 1. The van der Waals surface area contributed by atoms with E-state index in [9.17, 15) is 4.79 Å². The number of aromatic nitrogens is 2. The molecule has 8 heteroatoms. The Labute approximate surface area is 129 Å². The fourth-order valence-corrected chi connectivity index (χ4v) is 3.22. The second-order valence-corrected chi connectivity index (χ2v) is 5.91. The van der Waals surface area contributed by atoms with Crippen molar-refractivity contribution in [3.63, 3.8) is 0 Å². The van der Waals surface area contributed by atoms with E-state index in [0.717, 1.165) is 50.4 Å². The Hall–Kier alpha value is -2.09. The second kappa shape index (κ2) is 6.35. The van der Waals surface area contributed by atoms with Crippen LogP contribution in [0.4, 0.5) is 16.6 Å². The van der Waals surface area contributed by atoms with Crippen molar-refractivity contribution in [2.45, 2.75) is 31.2 Å². The first-order valence-electron chi connectivity index (χ1n) is 7.71. The molecule has 0 spiro atoms. The van der Waals surface area contributed by atoms with Gasteiger partial charge in [-0.15, -0.1) is 0 Å². The van der Waals surface area contributed by atoms with Crippen LogP contribution in [0.25, 0.3) is 0 Å². The van der Waals surface area contributed by atoms with Crippen LogP contribution in [0.5, 0.6) is 0 Å². The first-order chi connectivity index (χ1) is 10.6. The molecule has 0 aliphatic carbocycles. The van der Waals surface area contributed by atoms with E-state index in [1.165, 1.54) is 0 Å². The predicted octanol–water partition coefficient (Wildman–Crippen LogP) is 0.372. The molecule has 2 aliphatic heterocycles. The van der Waals surface area contributed by atoms with Gasteiger partial charge in [-0.1, -0.05) is 0 Å². The number of hydrogen-bond acceptors (Lipinski definition) is 6. The minimum Gasteiger partial charge on any atom is -0.465 e. The molecule has 2 saturated heterocycles. The Kier molecular flexibility index (Phi) is 4.28. The lowest BCUT2D eigenvalue weighted by molar-refractivity contribution is 0.191. The summed E-state index contributed by atoms with van der Waals surface area (Å²) in [6.45, 7) is 3.39. The van der Waals surface area contributed by atoms with Crippen LogP contribution in [0, 0.1) is 0 Å². The molecule has 5 N–H and O–H groups in total. The third-order valence-corrected chi connectivity index (χ3v) is 4.35. The zero-order chi connectivity index (χ0) is 15.5. The van der Waals surface area contributed by atoms with Gasteiger partial charge in [0.15, 0.2) is 0 Å². The molecular weight excluding hydrogens is 284 g/mol. The number of carboxylic acid groups (broad SMARTS) is 1. The van der Waals surface area contributed by atoms with E-state index in [1.807, 2.05) is 6.07 Å². The van der Waals surface area contributed by atoms with Crippen LogP contribution in [-0.2, 0) is 0 Å². The van der Waals surface area contributed by atoms with E-state index in [-0.39, 0.29) is 6.04 Å². The molecule has 2 aliphatic rings. The lowest BCUT2D eigenvalue weighted by Crippen LogP contribution is -2.36. The molecule has 3 rings (SSSR count). The Morgan fingerprint density at radius 1 is 1.36 bits per heavy atom. The molecule has 1 amide bonds. The maximum atomic E-state index is 10.7. The summed E-state index contributed by atoms with van der Waals surface area (Å²) in [5.74, 6) is 1.51. The molecule has 1 aromatic rings. The highest BCUT2D eigenvalue weighted by Gasteiger charge is 2.26. The Balaban J connectivity index is 1.73. The monoisotopic (exact) mass is 306 g/mol. The van der Waals surface area contributed by atoms with E-state index in [1.54, 1.807) is 0 Å². The van der Waals surface area contributed by atoms with Gasteiger partial charge in [-0.3, -0.25) is 0 Å². The molecule has 0 aromatic carbocycles. The number of nitrogens with zero attached hydrogens (tertiary/aromatic N) is 3. The standard InChI is InChI=1S/C14H22N6O2/c15-13-18-11(9-1-4-16-5-2-9)7-12(19-13)20-6-3-10(8-20)17-14(21)22/h7,9-10,16-17H,1-6,8H2,(H,21,22)(H2,15,18,19)/t10-/m1/s1. The van der Waals surface area contributed by atoms with Gasteiger partial charge in [0.25, 0.3) is 0 Å². The number of nitrogens with one attached hydrogen (secondary N) is 2. The van der Waals surface area contributed by atoms with Gasteiger partial charge in [-0.2, -0.15) is 4.98 Å². The van der Waals surface area contributed by atoms with Gasteiger partial charge in [0.2, 0.25) is 5.95 Å². The van der Waals surface area contributed by atoms with Crippen molar-refractivity contribution in [1.82, 2.24) is 20.6 Å². The summed E-state index contributed by atoms with van der Waals surface area (Å²) in [5.41, 5.74) is 6.87. The summed E-state index contributed by atoms with van der Waals surface area (Å²) < 4.78 is 0. The van der Waals surface area contributed by atoms with Crippen LogP contribution < -0.4 is 21.3 Å². The zero-order valence-electron chi connectivity index (χ0n) is 12.5. The minimum absolute atomic E-state index is 0.0592. The lowest BCUT2D eigenvalue weighted by Gasteiger charge is -2.24. The smallest absolute Gasteiger partial charge is 0.404 e. The van der Waals surface area contributed by atoms with E-state index in [2.05, 4.69) is 25.5 Å². The second-order valence-electron chi connectivity index (χ2n) is 5.91. The third kappa shape index (κ3) is 3.38. The van der Waals surface area contributed by atoms with Gasteiger partial charge >= 0.3 is 6.09 Å². The number of nitrogen functional groups attached to an aromatic ring is 1.